The Morgan fingerprint density at radius 1 is 1.07 bits per heavy atom. The third-order valence-corrected chi connectivity index (χ3v) is 5.20. The number of amides is 3. The monoisotopic (exact) mass is 375 g/mol. The minimum absolute atomic E-state index is 0.0219. The van der Waals surface area contributed by atoms with Crippen LogP contribution in [0.3, 0.4) is 0 Å². The molecule has 0 spiro atoms. The Bertz CT molecular complexity index is 629. The SMILES string of the molecule is COc1ccc(CC(=O)N2CCCN(C(=O)NC3CCOCC3)CC2)cc1. The summed E-state index contributed by atoms with van der Waals surface area (Å²) >= 11 is 0. The lowest BCUT2D eigenvalue weighted by Gasteiger charge is -2.27. The van der Waals surface area contributed by atoms with Crippen molar-refractivity contribution in [2.45, 2.75) is 31.7 Å². The van der Waals surface area contributed by atoms with Gasteiger partial charge in [0.15, 0.2) is 0 Å². The number of urea groups is 1. The number of carbonyl (C=O) groups excluding carboxylic acids is 2. The molecule has 0 aliphatic carbocycles. The number of benzene rings is 1. The van der Waals surface area contributed by atoms with Crippen molar-refractivity contribution >= 4 is 11.9 Å². The summed E-state index contributed by atoms with van der Waals surface area (Å²) in [5, 5.41) is 3.10. The quantitative estimate of drug-likeness (QED) is 0.869. The number of hydrogen-bond acceptors (Lipinski definition) is 4. The summed E-state index contributed by atoms with van der Waals surface area (Å²) in [4.78, 5) is 28.8. The number of nitrogens with one attached hydrogen (secondary N) is 1. The zero-order valence-electron chi connectivity index (χ0n) is 16.0. The smallest absolute Gasteiger partial charge is 0.317 e. The minimum Gasteiger partial charge on any atom is -0.497 e. The van der Waals surface area contributed by atoms with Crippen molar-refractivity contribution < 1.29 is 19.1 Å². The van der Waals surface area contributed by atoms with Crippen LogP contribution in [0.4, 0.5) is 4.79 Å². The Morgan fingerprint density at radius 2 is 1.74 bits per heavy atom. The number of nitrogens with zero attached hydrogens (tertiary/aromatic N) is 2. The molecule has 3 amide bonds. The summed E-state index contributed by atoms with van der Waals surface area (Å²) < 4.78 is 10.5. The first-order valence-corrected chi connectivity index (χ1v) is 9.69. The molecule has 2 aliphatic rings. The van der Waals surface area contributed by atoms with Crippen molar-refractivity contribution in [1.29, 1.82) is 0 Å². The fourth-order valence-electron chi connectivity index (χ4n) is 3.51. The molecule has 3 rings (SSSR count). The lowest BCUT2D eigenvalue weighted by molar-refractivity contribution is -0.130. The second-order valence-electron chi connectivity index (χ2n) is 7.08. The highest BCUT2D eigenvalue weighted by atomic mass is 16.5. The second-order valence-corrected chi connectivity index (χ2v) is 7.08. The Hall–Kier alpha value is -2.28. The first-order chi connectivity index (χ1) is 13.2. The van der Waals surface area contributed by atoms with Gasteiger partial charge in [0.05, 0.1) is 13.5 Å². The molecule has 0 unspecified atom stereocenters. The highest BCUT2D eigenvalue weighted by molar-refractivity contribution is 5.79. The zero-order valence-corrected chi connectivity index (χ0v) is 16.0. The molecular weight excluding hydrogens is 346 g/mol. The summed E-state index contributed by atoms with van der Waals surface area (Å²) in [6.45, 7) is 3.94. The molecule has 1 aromatic carbocycles. The van der Waals surface area contributed by atoms with E-state index in [2.05, 4.69) is 5.32 Å². The molecule has 1 N–H and O–H groups in total. The van der Waals surface area contributed by atoms with E-state index in [1.54, 1.807) is 7.11 Å². The van der Waals surface area contributed by atoms with Crippen molar-refractivity contribution in [3.05, 3.63) is 29.8 Å². The highest BCUT2D eigenvalue weighted by Crippen LogP contribution is 2.14. The summed E-state index contributed by atoms with van der Waals surface area (Å²) in [6.07, 6.45) is 2.91. The van der Waals surface area contributed by atoms with E-state index in [-0.39, 0.29) is 18.0 Å². The summed E-state index contributed by atoms with van der Waals surface area (Å²) in [6, 6.07) is 7.75. The molecule has 2 aliphatic heterocycles. The van der Waals surface area contributed by atoms with E-state index < -0.39 is 0 Å². The van der Waals surface area contributed by atoms with Gasteiger partial charge >= 0.3 is 6.03 Å². The van der Waals surface area contributed by atoms with Gasteiger partial charge in [-0.05, 0) is 37.0 Å². The van der Waals surface area contributed by atoms with Crippen molar-refractivity contribution in [1.82, 2.24) is 15.1 Å². The topological polar surface area (TPSA) is 71.1 Å². The van der Waals surface area contributed by atoms with Crippen LogP contribution in [0.5, 0.6) is 5.75 Å². The van der Waals surface area contributed by atoms with E-state index in [1.807, 2.05) is 34.1 Å². The molecule has 0 aromatic heterocycles. The van der Waals surface area contributed by atoms with E-state index in [0.29, 0.717) is 45.8 Å². The van der Waals surface area contributed by atoms with Gasteiger partial charge in [-0.15, -0.1) is 0 Å². The summed E-state index contributed by atoms with van der Waals surface area (Å²) in [5.74, 6) is 0.888. The molecule has 148 valence electrons. The Balaban J connectivity index is 1.47. The Labute approximate surface area is 160 Å². The van der Waals surface area contributed by atoms with Crippen LogP contribution in [0.15, 0.2) is 24.3 Å². The summed E-state index contributed by atoms with van der Waals surface area (Å²) in [5.41, 5.74) is 0.971. The van der Waals surface area contributed by atoms with Crippen LogP contribution in [0.2, 0.25) is 0 Å². The number of hydrogen-bond donors (Lipinski definition) is 1. The number of carbonyl (C=O) groups is 2. The van der Waals surface area contributed by atoms with Crippen LogP contribution < -0.4 is 10.1 Å². The van der Waals surface area contributed by atoms with Gasteiger partial charge in [0.2, 0.25) is 5.91 Å². The van der Waals surface area contributed by atoms with E-state index >= 15 is 0 Å². The Kier molecular flexibility index (Phi) is 6.92. The largest absolute Gasteiger partial charge is 0.497 e. The molecule has 0 atom stereocenters. The van der Waals surface area contributed by atoms with Crippen LogP contribution in [-0.2, 0) is 16.0 Å². The fourth-order valence-corrected chi connectivity index (χ4v) is 3.51. The van der Waals surface area contributed by atoms with Gasteiger partial charge < -0.3 is 24.6 Å². The molecule has 2 fully saturated rings. The van der Waals surface area contributed by atoms with Crippen LogP contribution in [0, 0.1) is 0 Å². The predicted octanol–water partition coefficient (Wildman–Crippen LogP) is 1.66. The fraction of sp³-hybridized carbons (Fsp3) is 0.600. The number of rotatable bonds is 4. The van der Waals surface area contributed by atoms with Gasteiger partial charge in [0, 0.05) is 45.4 Å². The van der Waals surface area contributed by atoms with Crippen molar-refractivity contribution in [2.24, 2.45) is 0 Å². The highest BCUT2D eigenvalue weighted by Gasteiger charge is 2.24. The second kappa shape index (κ2) is 9.60. The minimum atomic E-state index is -0.0219. The van der Waals surface area contributed by atoms with Gasteiger partial charge in [0.25, 0.3) is 0 Å². The first kappa shape index (κ1) is 19.5. The average molecular weight is 375 g/mol. The molecule has 0 bridgehead atoms. The molecule has 2 heterocycles. The third kappa shape index (κ3) is 5.60. The molecule has 2 saturated heterocycles. The van der Waals surface area contributed by atoms with Crippen molar-refractivity contribution in [3.63, 3.8) is 0 Å². The molecule has 7 heteroatoms. The van der Waals surface area contributed by atoms with E-state index in [1.165, 1.54) is 0 Å². The standard InChI is InChI=1S/C20H29N3O4/c1-26-18-5-3-16(4-6-18)15-19(24)22-9-2-10-23(12-11-22)20(25)21-17-7-13-27-14-8-17/h3-6,17H,2,7-15H2,1H3,(H,21,25). The van der Waals surface area contributed by atoms with Crippen LogP contribution >= 0.6 is 0 Å². The van der Waals surface area contributed by atoms with Crippen molar-refractivity contribution in [3.8, 4) is 5.75 Å². The maximum Gasteiger partial charge on any atom is 0.317 e. The molecular formula is C20H29N3O4. The summed E-state index contributed by atoms with van der Waals surface area (Å²) in [7, 11) is 1.63. The van der Waals surface area contributed by atoms with Crippen LogP contribution in [0.1, 0.15) is 24.8 Å². The molecule has 27 heavy (non-hydrogen) atoms. The maximum atomic E-state index is 12.6. The third-order valence-electron chi connectivity index (χ3n) is 5.20. The van der Waals surface area contributed by atoms with E-state index in [9.17, 15) is 9.59 Å². The number of ether oxygens (including phenoxy) is 2. The predicted molar refractivity (Wildman–Crippen MR) is 102 cm³/mol. The molecule has 7 nitrogen and oxygen atoms in total. The van der Waals surface area contributed by atoms with Gasteiger partial charge in [0.1, 0.15) is 5.75 Å². The number of methoxy groups -OCH3 is 1. The van der Waals surface area contributed by atoms with Gasteiger partial charge in [-0.1, -0.05) is 12.1 Å². The van der Waals surface area contributed by atoms with Gasteiger partial charge in [-0.25, -0.2) is 4.79 Å². The lowest BCUT2D eigenvalue weighted by Crippen LogP contribution is -2.48. The van der Waals surface area contributed by atoms with Crippen molar-refractivity contribution in [2.75, 3.05) is 46.5 Å². The first-order valence-electron chi connectivity index (χ1n) is 9.69. The Morgan fingerprint density at radius 3 is 2.44 bits per heavy atom. The van der Waals surface area contributed by atoms with Gasteiger partial charge in [-0.3, -0.25) is 4.79 Å². The zero-order chi connectivity index (χ0) is 19.1. The van der Waals surface area contributed by atoms with E-state index in [4.69, 9.17) is 9.47 Å². The van der Waals surface area contributed by atoms with Crippen LogP contribution in [0.25, 0.3) is 0 Å². The van der Waals surface area contributed by atoms with E-state index in [0.717, 1.165) is 30.6 Å². The normalized spacial score (nSPS) is 18.7. The maximum absolute atomic E-state index is 12.6. The molecule has 0 saturated carbocycles. The average Bonchev–Trinajstić information content (AvgIpc) is 2.96. The molecule has 1 aromatic rings. The molecule has 0 radical (unpaired) electrons. The van der Waals surface area contributed by atoms with Gasteiger partial charge in [-0.2, -0.15) is 0 Å². The van der Waals surface area contributed by atoms with Crippen LogP contribution in [-0.4, -0.2) is 74.3 Å². The lowest BCUT2D eigenvalue weighted by atomic mass is 10.1.